The fourth-order valence-corrected chi connectivity index (χ4v) is 3.92. The van der Waals surface area contributed by atoms with Crippen LogP contribution in [0.25, 0.3) is 10.9 Å². The van der Waals surface area contributed by atoms with Crippen LogP contribution in [0.4, 0.5) is 10.5 Å². The van der Waals surface area contributed by atoms with Crippen LogP contribution < -0.4 is 20.1 Å². The highest BCUT2D eigenvalue weighted by Crippen LogP contribution is 2.24. The molecule has 2 amide bonds. The van der Waals surface area contributed by atoms with Crippen molar-refractivity contribution in [3.05, 3.63) is 54.2 Å². The lowest BCUT2D eigenvalue weighted by molar-refractivity contribution is 0.0365. The van der Waals surface area contributed by atoms with Gasteiger partial charge in [0.05, 0.1) is 27.4 Å². The summed E-state index contributed by atoms with van der Waals surface area (Å²) in [6.07, 6.45) is 2.10. The molecule has 1 saturated heterocycles. The van der Waals surface area contributed by atoms with E-state index < -0.39 is 0 Å². The number of fused-ring (bicyclic) bond motifs is 1. The lowest BCUT2D eigenvalue weighted by atomic mass is 10.2. The summed E-state index contributed by atoms with van der Waals surface area (Å²) in [6.45, 7) is 5.87. The normalized spacial score (nSPS) is 14.3. The van der Waals surface area contributed by atoms with E-state index in [4.69, 9.17) is 14.2 Å². The van der Waals surface area contributed by atoms with Crippen LogP contribution in [0.15, 0.2) is 48.7 Å². The lowest BCUT2D eigenvalue weighted by Crippen LogP contribution is -2.38. The Morgan fingerprint density at radius 1 is 1.03 bits per heavy atom. The number of nitrogens with one attached hydrogen (secondary N) is 2. The van der Waals surface area contributed by atoms with E-state index in [0.29, 0.717) is 18.0 Å². The molecular formula is C24H30N4O4. The molecule has 1 aliphatic heterocycles. The zero-order valence-electron chi connectivity index (χ0n) is 18.6. The molecule has 2 heterocycles. The second-order valence-corrected chi connectivity index (χ2v) is 7.72. The second-order valence-electron chi connectivity index (χ2n) is 7.72. The van der Waals surface area contributed by atoms with Crippen LogP contribution in [0.5, 0.6) is 11.5 Å². The first kappa shape index (κ1) is 22.0. The molecule has 1 aliphatic rings. The van der Waals surface area contributed by atoms with Gasteiger partial charge in [0.1, 0.15) is 11.5 Å². The molecule has 0 spiro atoms. The number of hydrogen-bond acceptors (Lipinski definition) is 5. The number of ether oxygens (including phenoxy) is 3. The predicted molar refractivity (Wildman–Crippen MR) is 125 cm³/mol. The van der Waals surface area contributed by atoms with Gasteiger partial charge in [0.2, 0.25) is 0 Å². The molecule has 0 radical (unpaired) electrons. The molecular weight excluding hydrogens is 408 g/mol. The van der Waals surface area contributed by atoms with Crippen molar-refractivity contribution in [2.75, 3.05) is 52.4 Å². The van der Waals surface area contributed by atoms with E-state index in [1.54, 1.807) is 14.2 Å². The maximum absolute atomic E-state index is 12.4. The van der Waals surface area contributed by atoms with Gasteiger partial charge < -0.3 is 29.4 Å². The van der Waals surface area contributed by atoms with Gasteiger partial charge in [0.15, 0.2) is 0 Å². The van der Waals surface area contributed by atoms with Crippen molar-refractivity contribution in [3.63, 3.8) is 0 Å². The zero-order chi connectivity index (χ0) is 22.3. The third-order valence-corrected chi connectivity index (χ3v) is 5.72. The molecule has 2 N–H and O–H groups in total. The monoisotopic (exact) mass is 438 g/mol. The van der Waals surface area contributed by atoms with Crippen molar-refractivity contribution in [1.82, 2.24) is 14.8 Å². The van der Waals surface area contributed by atoms with Gasteiger partial charge >= 0.3 is 6.03 Å². The topological polar surface area (TPSA) is 77.0 Å². The molecule has 2 aromatic carbocycles. The number of carbonyl (C=O) groups excluding carboxylic acids is 1. The highest BCUT2D eigenvalue weighted by atomic mass is 16.5. The molecule has 170 valence electrons. The molecule has 1 fully saturated rings. The van der Waals surface area contributed by atoms with Crippen molar-refractivity contribution >= 4 is 22.6 Å². The summed E-state index contributed by atoms with van der Waals surface area (Å²) in [6, 6.07) is 13.3. The van der Waals surface area contributed by atoms with Gasteiger partial charge in [0.25, 0.3) is 0 Å². The number of anilines is 1. The van der Waals surface area contributed by atoms with Crippen LogP contribution in [0.2, 0.25) is 0 Å². The Labute approximate surface area is 188 Å². The summed E-state index contributed by atoms with van der Waals surface area (Å²) in [5, 5.41) is 6.88. The zero-order valence-corrected chi connectivity index (χ0v) is 18.6. The average Bonchev–Trinajstić information content (AvgIpc) is 3.24. The molecule has 0 bridgehead atoms. The Balaban J connectivity index is 1.34. The largest absolute Gasteiger partial charge is 0.497 e. The van der Waals surface area contributed by atoms with Crippen molar-refractivity contribution in [3.8, 4) is 11.5 Å². The standard InChI is InChI=1S/C24H30N4O4/c1-30-21-4-6-23(31-2)19(16-21)17-25-24(29)26-20-3-5-22-18(15-20)7-8-28(22)10-9-27-11-13-32-14-12-27/h3-8,15-16H,9-14,17H2,1-2H3,(H2,25,26,29). The Kier molecular flexibility index (Phi) is 7.14. The van der Waals surface area contributed by atoms with Gasteiger partial charge in [-0.05, 0) is 42.5 Å². The summed E-state index contributed by atoms with van der Waals surface area (Å²) in [4.78, 5) is 14.9. The Bertz CT molecular complexity index is 1060. The van der Waals surface area contributed by atoms with Crippen LogP contribution in [0.1, 0.15) is 5.56 Å². The summed E-state index contributed by atoms with van der Waals surface area (Å²) < 4.78 is 18.3. The molecule has 32 heavy (non-hydrogen) atoms. The highest BCUT2D eigenvalue weighted by Gasteiger charge is 2.11. The number of rotatable bonds is 8. The minimum Gasteiger partial charge on any atom is -0.497 e. The molecule has 0 atom stereocenters. The number of aromatic nitrogens is 1. The third kappa shape index (κ3) is 5.33. The third-order valence-electron chi connectivity index (χ3n) is 5.72. The van der Waals surface area contributed by atoms with Gasteiger partial charge in [-0.3, -0.25) is 4.90 Å². The first-order valence-corrected chi connectivity index (χ1v) is 10.8. The van der Waals surface area contributed by atoms with Gasteiger partial charge in [-0.2, -0.15) is 0 Å². The number of morpholine rings is 1. The summed E-state index contributed by atoms with van der Waals surface area (Å²) in [5.74, 6) is 1.41. The first-order chi connectivity index (χ1) is 15.7. The van der Waals surface area contributed by atoms with Crippen LogP contribution in [-0.4, -0.2) is 62.6 Å². The number of amides is 2. The van der Waals surface area contributed by atoms with Crippen molar-refractivity contribution in [1.29, 1.82) is 0 Å². The molecule has 0 aliphatic carbocycles. The van der Waals surface area contributed by atoms with Crippen LogP contribution in [0.3, 0.4) is 0 Å². The number of urea groups is 1. The van der Waals surface area contributed by atoms with E-state index in [1.165, 1.54) is 0 Å². The fourth-order valence-electron chi connectivity index (χ4n) is 3.92. The lowest BCUT2D eigenvalue weighted by Gasteiger charge is -2.26. The predicted octanol–water partition coefficient (Wildman–Crippen LogP) is 3.31. The average molecular weight is 439 g/mol. The van der Waals surface area contributed by atoms with E-state index in [-0.39, 0.29) is 6.03 Å². The minimum atomic E-state index is -0.277. The summed E-state index contributed by atoms with van der Waals surface area (Å²) in [7, 11) is 3.21. The molecule has 3 aromatic rings. The quantitative estimate of drug-likeness (QED) is 0.564. The molecule has 1 aromatic heterocycles. The highest BCUT2D eigenvalue weighted by molar-refractivity contribution is 5.93. The Hall–Kier alpha value is -3.23. The fraction of sp³-hybridized carbons (Fsp3) is 0.375. The number of methoxy groups -OCH3 is 2. The van der Waals surface area contributed by atoms with Gasteiger partial charge in [-0.25, -0.2) is 4.79 Å². The molecule has 0 unspecified atom stereocenters. The first-order valence-electron chi connectivity index (χ1n) is 10.8. The van der Waals surface area contributed by atoms with Crippen molar-refractivity contribution in [2.45, 2.75) is 13.1 Å². The van der Waals surface area contributed by atoms with Gasteiger partial charge in [-0.15, -0.1) is 0 Å². The van der Waals surface area contributed by atoms with E-state index in [9.17, 15) is 4.79 Å². The van der Waals surface area contributed by atoms with Crippen LogP contribution in [-0.2, 0) is 17.8 Å². The van der Waals surface area contributed by atoms with E-state index in [1.807, 2.05) is 30.3 Å². The maximum Gasteiger partial charge on any atom is 0.319 e. The van der Waals surface area contributed by atoms with E-state index in [2.05, 4.69) is 38.4 Å². The molecule has 0 saturated carbocycles. The molecule has 4 rings (SSSR count). The number of benzene rings is 2. The summed E-state index contributed by atoms with van der Waals surface area (Å²) >= 11 is 0. The SMILES string of the molecule is COc1ccc(OC)c(CNC(=O)Nc2ccc3c(ccn3CCN3CCOCC3)c2)c1. The van der Waals surface area contributed by atoms with Gasteiger partial charge in [-0.1, -0.05) is 0 Å². The summed E-state index contributed by atoms with van der Waals surface area (Å²) in [5.41, 5.74) is 2.75. The number of carbonyl (C=O) groups is 1. The maximum atomic E-state index is 12.4. The number of nitrogens with zero attached hydrogens (tertiary/aromatic N) is 2. The van der Waals surface area contributed by atoms with E-state index >= 15 is 0 Å². The van der Waals surface area contributed by atoms with E-state index in [0.717, 1.165) is 61.5 Å². The number of hydrogen-bond donors (Lipinski definition) is 2. The second kappa shape index (κ2) is 10.4. The van der Waals surface area contributed by atoms with Gasteiger partial charge in [0, 0.05) is 61.1 Å². The van der Waals surface area contributed by atoms with Crippen LogP contribution >= 0.6 is 0 Å². The smallest absolute Gasteiger partial charge is 0.319 e. The minimum absolute atomic E-state index is 0.277. The van der Waals surface area contributed by atoms with Crippen LogP contribution in [0, 0.1) is 0 Å². The molecule has 8 heteroatoms. The van der Waals surface area contributed by atoms with Crippen molar-refractivity contribution < 1.29 is 19.0 Å². The Morgan fingerprint density at radius 2 is 1.88 bits per heavy atom. The van der Waals surface area contributed by atoms with Crippen molar-refractivity contribution in [2.24, 2.45) is 0 Å². The Morgan fingerprint density at radius 3 is 2.66 bits per heavy atom. The molecule has 8 nitrogen and oxygen atoms in total.